The summed E-state index contributed by atoms with van der Waals surface area (Å²) >= 11 is 0. The maximum Gasteiger partial charge on any atom is 0.141 e. The third kappa shape index (κ3) is 3.18. The molecule has 0 N–H and O–H groups in total. The third-order valence-electron chi connectivity index (χ3n) is 2.71. The number of hydrogen-bond donors (Lipinski definition) is 0. The summed E-state index contributed by atoms with van der Waals surface area (Å²) in [6.07, 6.45) is 3.47. The second-order valence-corrected chi connectivity index (χ2v) is 4.34. The zero-order valence-electron chi connectivity index (χ0n) is 10.0. The van der Waals surface area contributed by atoms with Crippen molar-refractivity contribution in [2.24, 2.45) is 5.92 Å². The molecule has 1 atom stereocenters. The summed E-state index contributed by atoms with van der Waals surface area (Å²) < 4.78 is 1.93. The van der Waals surface area contributed by atoms with Crippen molar-refractivity contribution in [2.75, 3.05) is 0 Å². The van der Waals surface area contributed by atoms with E-state index in [1.807, 2.05) is 30.8 Å². The van der Waals surface area contributed by atoms with Crippen LogP contribution in [0.4, 0.5) is 0 Å². The minimum absolute atomic E-state index is 0.0961. The van der Waals surface area contributed by atoms with Gasteiger partial charge in [0.2, 0.25) is 0 Å². The molecular formula is C12H20N2O. The Morgan fingerprint density at radius 1 is 1.47 bits per heavy atom. The molecule has 3 heteroatoms. The molecule has 1 aromatic rings. The fourth-order valence-corrected chi connectivity index (χ4v) is 1.29. The van der Waals surface area contributed by atoms with Crippen LogP contribution in [0.3, 0.4) is 0 Å². The van der Waals surface area contributed by atoms with Gasteiger partial charge in [-0.15, -0.1) is 0 Å². The zero-order valence-corrected chi connectivity index (χ0v) is 10.0. The van der Waals surface area contributed by atoms with Gasteiger partial charge >= 0.3 is 0 Å². The monoisotopic (exact) mass is 208 g/mol. The van der Waals surface area contributed by atoms with E-state index < -0.39 is 0 Å². The van der Waals surface area contributed by atoms with Crippen LogP contribution in [0.15, 0.2) is 12.3 Å². The van der Waals surface area contributed by atoms with Crippen molar-refractivity contribution < 1.29 is 4.79 Å². The summed E-state index contributed by atoms with van der Waals surface area (Å²) in [5, 5.41) is 4.40. The first kappa shape index (κ1) is 12.0. The Morgan fingerprint density at radius 3 is 2.67 bits per heavy atom. The highest BCUT2D eigenvalue weighted by Gasteiger charge is 2.11. The van der Waals surface area contributed by atoms with Crippen molar-refractivity contribution in [3.05, 3.63) is 18.0 Å². The van der Waals surface area contributed by atoms with Crippen LogP contribution < -0.4 is 0 Å². The molecule has 1 heterocycles. The van der Waals surface area contributed by atoms with Crippen LogP contribution in [0.1, 0.15) is 45.9 Å². The lowest BCUT2D eigenvalue weighted by Crippen LogP contribution is -2.11. The molecule has 0 radical (unpaired) electrons. The number of aromatic nitrogens is 2. The first-order chi connectivity index (χ1) is 7.04. The molecule has 15 heavy (non-hydrogen) atoms. The van der Waals surface area contributed by atoms with Gasteiger partial charge in [-0.2, -0.15) is 5.10 Å². The van der Waals surface area contributed by atoms with Crippen molar-refractivity contribution in [1.29, 1.82) is 0 Å². The van der Waals surface area contributed by atoms with E-state index in [9.17, 15) is 4.79 Å². The lowest BCUT2D eigenvalue weighted by molar-refractivity contribution is -0.121. The highest BCUT2D eigenvalue weighted by atomic mass is 16.1. The number of carbonyl (C=O) groups is 1. The summed E-state index contributed by atoms with van der Waals surface area (Å²) in [4.78, 5) is 11.5. The first-order valence-electron chi connectivity index (χ1n) is 5.61. The number of carbonyl (C=O) groups excluding carboxylic acids is 1. The van der Waals surface area contributed by atoms with Crippen LogP contribution in [0, 0.1) is 5.92 Å². The molecule has 0 aliphatic carbocycles. The van der Waals surface area contributed by atoms with E-state index in [2.05, 4.69) is 18.9 Å². The van der Waals surface area contributed by atoms with Gasteiger partial charge < -0.3 is 0 Å². The maximum atomic E-state index is 11.5. The van der Waals surface area contributed by atoms with E-state index in [1.54, 1.807) is 0 Å². The van der Waals surface area contributed by atoms with Crippen molar-refractivity contribution in [1.82, 2.24) is 9.78 Å². The van der Waals surface area contributed by atoms with E-state index in [1.165, 1.54) is 0 Å². The van der Waals surface area contributed by atoms with Crippen LogP contribution in [-0.2, 0) is 11.2 Å². The van der Waals surface area contributed by atoms with E-state index in [0.29, 0.717) is 12.5 Å². The van der Waals surface area contributed by atoms with E-state index in [4.69, 9.17) is 0 Å². The summed E-state index contributed by atoms with van der Waals surface area (Å²) in [5.41, 5.74) is 0.883. The molecule has 1 rings (SSSR count). The Kier molecular flexibility index (Phi) is 4.06. The summed E-state index contributed by atoms with van der Waals surface area (Å²) in [6.45, 7) is 8.11. The molecule has 0 saturated heterocycles. The topological polar surface area (TPSA) is 34.9 Å². The SMILES string of the molecule is CCC(C)n1ccc(CC(=O)C(C)C)n1. The van der Waals surface area contributed by atoms with E-state index in [-0.39, 0.29) is 11.7 Å². The maximum absolute atomic E-state index is 11.5. The second kappa shape index (κ2) is 5.10. The van der Waals surface area contributed by atoms with Crippen LogP contribution >= 0.6 is 0 Å². The van der Waals surface area contributed by atoms with E-state index >= 15 is 0 Å². The van der Waals surface area contributed by atoms with Gasteiger partial charge in [-0.3, -0.25) is 9.48 Å². The first-order valence-corrected chi connectivity index (χ1v) is 5.61. The Hall–Kier alpha value is -1.12. The standard InChI is InChI=1S/C12H20N2O/c1-5-10(4)14-7-6-11(13-14)8-12(15)9(2)3/h6-7,9-10H,5,8H2,1-4H3. The fraction of sp³-hybridized carbons (Fsp3) is 0.667. The Morgan fingerprint density at radius 2 is 2.13 bits per heavy atom. The van der Waals surface area contributed by atoms with Gasteiger partial charge in [0.25, 0.3) is 0 Å². The van der Waals surface area contributed by atoms with Crippen molar-refractivity contribution in [3.63, 3.8) is 0 Å². The summed E-state index contributed by atoms with van der Waals surface area (Å²) in [7, 11) is 0. The van der Waals surface area contributed by atoms with Gasteiger partial charge in [-0.1, -0.05) is 20.8 Å². The molecule has 0 bridgehead atoms. The quantitative estimate of drug-likeness (QED) is 0.745. The highest BCUT2D eigenvalue weighted by Crippen LogP contribution is 2.10. The minimum Gasteiger partial charge on any atom is -0.299 e. The van der Waals surface area contributed by atoms with Crippen molar-refractivity contribution >= 4 is 5.78 Å². The molecule has 0 fully saturated rings. The minimum atomic E-state index is 0.0961. The van der Waals surface area contributed by atoms with Gasteiger partial charge in [-0.05, 0) is 19.4 Å². The van der Waals surface area contributed by atoms with Gasteiger partial charge in [0.05, 0.1) is 12.1 Å². The number of rotatable bonds is 5. The molecule has 0 aliphatic heterocycles. The molecule has 0 aromatic carbocycles. The second-order valence-electron chi connectivity index (χ2n) is 4.34. The van der Waals surface area contributed by atoms with Crippen LogP contribution in [0.5, 0.6) is 0 Å². The lowest BCUT2D eigenvalue weighted by Gasteiger charge is -2.08. The third-order valence-corrected chi connectivity index (χ3v) is 2.71. The zero-order chi connectivity index (χ0) is 11.4. The van der Waals surface area contributed by atoms with Gasteiger partial charge in [0, 0.05) is 18.2 Å². The molecule has 0 amide bonds. The number of hydrogen-bond acceptors (Lipinski definition) is 2. The van der Waals surface area contributed by atoms with Crippen LogP contribution in [-0.4, -0.2) is 15.6 Å². The predicted molar refractivity (Wildman–Crippen MR) is 60.8 cm³/mol. The van der Waals surface area contributed by atoms with E-state index in [0.717, 1.165) is 12.1 Å². The normalized spacial score (nSPS) is 13.1. The molecular weight excluding hydrogens is 188 g/mol. The summed E-state index contributed by atoms with van der Waals surface area (Å²) in [5.74, 6) is 0.350. The van der Waals surface area contributed by atoms with Crippen LogP contribution in [0.2, 0.25) is 0 Å². The average molecular weight is 208 g/mol. The average Bonchev–Trinajstić information content (AvgIpc) is 2.65. The lowest BCUT2D eigenvalue weighted by atomic mass is 10.1. The summed E-state index contributed by atoms with van der Waals surface area (Å²) in [6, 6.07) is 2.35. The fourth-order valence-electron chi connectivity index (χ4n) is 1.29. The molecule has 84 valence electrons. The van der Waals surface area contributed by atoms with Crippen LogP contribution in [0.25, 0.3) is 0 Å². The molecule has 1 unspecified atom stereocenters. The van der Waals surface area contributed by atoms with Gasteiger partial charge in [-0.25, -0.2) is 0 Å². The number of ketones is 1. The van der Waals surface area contributed by atoms with Crippen molar-refractivity contribution in [3.8, 4) is 0 Å². The Labute approximate surface area is 91.5 Å². The Bertz CT molecular complexity index is 328. The van der Waals surface area contributed by atoms with Gasteiger partial charge in [0.15, 0.2) is 0 Å². The predicted octanol–water partition coefficient (Wildman–Crippen LogP) is 2.62. The Balaban J connectivity index is 2.64. The number of nitrogens with zero attached hydrogens (tertiary/aromatic N) is 2. The molecule has 0 aliphatic rings. The number of Topliss-reactive ketones (excluding diaryl/α,β-unsaturated/α-hetero) is 1. The molecule has 3 nitrogen and oxygen atoms in total. The molecule has 1 aromatic heterocycles. The highest BCUT2D eigenvalue weighted by molar-refractivity contribution is 5.82. The van der Waals surface area contributed by atoms with Crippen molar-refractivity contribution in [2.45, 2.75) is 46.6 Å². The van der Waals surface area contributed by atoms with Gasteiger partial charge in [0.1, 0.15) is 5.78 Å². The smallest absolute Gasteiger partial charge is 0.141 e. The molecule has 0 spiro atoms. The molecule has 0 saturated carbocycles. The largest absolute Gasteiger partial charge is 0.299 e.